The molecule has 0 radical (unpaired) electrons. The Morgan fingerprint density at radius 2 is 2.07 bits per heavy atom. The Morgan fingerprint density at radius 1 is 1.36 bits per heavy atom. The van der Waals surface area contributed by atoms with Crippen LogP contribution in [0.3, 0.4) is 0 Å². The van der Waals surface area contributed by atoms with Crippen molar-refractivity contribution >= 4 is 0 Å². The lowest BCUT2D eigenvalue weighted by molar-refractivity contribution is 0.354. The molecule has 0 amide bonds. The van der Waals surface area contributed by atoms with Crippen LogP contribution in [0, 0.1) is 5.92 Å². The van der Waals surface area contributed by atoms with Crippen LogP contribution < -0.4 is 9.47 Å². The lowest BCUT2D eigenvalue weighted by Crippen LogP contribution is -1.93. The van der Waals surface area contributed by atoms with Crippen molar-refractivity contribution in [3.8, 4) is 11.5 Å². The molecule has 2 heteroatoms. The minimum absolute atomic E-state index is 0.151. The number of hydrogen-bond acceptors (Lipinski definition) is 2. The van der Waals surface area contributed by atoms with Gasteiger partial charge in [0, 0.05) is 1.37 Å². The van der Waals surface area contributed by atoms with E-state index in [1.165, 1.54) is 5.56 Å². The van der Waals surface area contributed by atoms with Crippen LogP contribution in [0.2, 0.25) is 0 Å². The van der Waals surface area contributed by atoms with Crippen molar-refractivity contribution < 1.29 is 10.8 Å². The fourth-order valence-corrected chi connectivity index (χ4v) is 1.57. The predicted molar refractivity (Wildman–Crippen MR) is 56.0 cm³/mol. The lowest BCUT2D eigenvalue weighted by Gasteiger charge is -2.08. The van der Waals surface area contributed by atoms with Crippen molar-refractivity contribution in [2.75, 3.05) is 14.2 Å². The van der Waals surface area contributed by atoms with E-state index in [1.807, 2.05) is 18.2 Å². The van der Waals surface area contributed by atoms with Gasteiger partial charge in [0.2, 0.25) is 0 Å². The van der Waals surface area contributed by atoms with Gasteiger partial charge in [0.05, 0.1) is 14.2 Å². The first-order valence-corrected chi connectivity index (χ1v) is 4.87. The van der Waals surface area contributed by atoms with E-state index >= 15 is 0 Å². The fourth-order valence-electron chi connectivity index (χ4n) is 1.57. The van der Waals surface area contributed by atoms with Gasteiger partial charge in [0.25, 0.3) is 0 Å². The minimum Gasteiger partial charge on any atom is -0.493 e. The summed E-state index contributed by atoms with van der Waals surface area (Å²) in [6.07, 6.45) is 2.17. The largest absolute Gasteiger partial charge is 0.493 e. The molecule has 2 nitrogen and oxygen atoms in total. The van der Waals surface area contributed by atoms with Crippen molar-refractivity contribution in [3.05, 3.63) is 23.8 Å². The number of benzene rings is 1. The molecule has 1 aliphatic rings. The maximum atomic E-state index is 7.52. The third-order valence-electron chi connectivity index (χ3n) is 2.51. The molecule has 76 valence electrons. The van der Waals surface area contributed by atoms with Gasteiger partial charge < -0.3 is 9.47 Å². The molecule has 0 bridgehead atoms. The molecule has 0 aromatic heterocycles. The van der Waals surface area contributed by atoms with Crippen molar-refractivity contribution in [1.82, 2.24) is 0 Å². The summed E-state index contributed by atoms with van der Waals surface area (Å²) in [4.78, 5) is 0. The zero-order chi connectivity index (χ0) is 10.8. The number of ether oxygens (including phenoxy) is 2. The number of methoxy groups -OCH3 is 2. The molecule has 0 spiro atoms. The Labute approximate surface area is 86.2 Å². The van der Waals surface area contributed by atoms with Crippen molar-refractivity contribution in [2.45, 2.75) is 19.2 Å². The summed E-state index contributed by atoms with van der Waals surface area (Å²) in [5, 5.41) is 0. The van der Waals surface area contributed by atoms with Gasteiger partial charge in [-0.1, -0.05) is 6.07 Å². The molecular formula is C12H16O2. The molecule has 0 heterocycles. The van der Waals surface area contributed by atoms with E-state index in [0.717, 1.165) is 24.3 Å². The fraction of sp³-hybridized carbons (Fsp3) is 0.500. The van der Waals surface area contributed by atoms with E-state index in [1.54, 1.807) is 14.2 Å². The molecule has 1 aromatic carbocycles. The quantitative estimate of drug-likeness (QED) is 0.732. The van der Waals surface area contributed by atoms with E-state index in [0.29, 0.717) is 5.92 Å². The summed E-state index contributed by atoms with van der Waals surface area (Å²) in [6, 6.07) is 5.98. The van der Waals surface area contributed by atoms with E-state index in [4.69, 9.17) is 10.8 Å². The van der Waals surface area contributed by atoms with Crippen molar-refractivity contribution in [1.29, 1.82) is 0 Å². The first-order valence-electron chi connectivity index (χ1n) is 5.45. The zero-order valence-corrected chi connectivity index (χ0v) is 8.62. The second-order valence-corrected chi connectivity index (χ2v) is 3.62. The highest BCUT2D eigenvalue weighted by Crippen LogP contribution is 2.35. The molecule has 1 aliphatic carbocycles. The molecule has 1 aromatic rings. The van der Waals surface area contributed by atoms with Gasteiger partial charge in [0.1, 0.15) is 0 Å². The maximum absolute atomic E-state index is 7.52. The molecule has 0 N–H and O–H groups in total. The van der Waals surface area contributed by atoms with Gasteiger partial charge in [-0.05, 0) is 42.9 Å². The summed E-state index contributed by atoms with van der Waals surface area (Å²) in [5.41, 5.74) is 1.23. The summed E-state index contributed by atoms with van der Waals surface area (Å²) in [7, 11) is 3.28. The summed E-state index contributed by atoms with van der Waals surface area (Å²) in [6.45, 7) is 0. The second kappa shape index (κ2) is 3.91. The van der Waals surface area contributed by atoms with E-state index in [2.05, 4.69) is 0 Å². The van der Waals surface area contributed by atoms with Crippen LogP contribution in [0.25, 0.3) is 0 Å². The molecule has 1 fully saturated rings. The minimum atomic E-state index is 0.151. The standard InChI is InChI=1S/C12H16O2/c1-13-11-6-5-10(7-9-3-4-9)8-12(11)14-2/h5-6,8-9H,3-4,7H2,1-2H3/i3D. The van der Waals surface area contributed by atoms with E-state index < -0.39 is 0 Å². The van der Waals surface area contributed by atoms with Crippen LogP contribution in [-0.2, 0) is 6.42 Å². The van der Waals surface area contributed by atoms with Crippen molar-refractivity contribution in [2.24, 2.45) is 5.92 Å². The third-order valence-corrected chi connectivity index (χ3v) is 2.51. The maximum Gasteiger partial charge on any atom is 0.160 e. The van der Waals surface area contributed by atoms with Crippen molar-refractivity contribution in [3.63, 3.8) is 0 Å². The highest BCUT2D eigenvalue weighted by atomic mass is 16.5. The summed E-state index contributed by atoms with van der Waals surface area (Å²) < 4.78 is 17.9. The zero-order valence-electron chi connectivity index (χ0n) is 9.62. The van der Waals surface area contributed by atoms with Crippen LogP contribution in [0.15, 0.2) is 18.2 Å². The summed E-state index contributed by atoms with van der Waals surface area (Å²) in [5.74, 6) is 2.08. The van der Waals surface area contributed by atoms with Gasteiger partial charge in [-0.25, -0.2) is 0 Å². The normalized spacial score (nSPS) is 25.4. The molecule has 0 saturated heterocycles. The van der Waals surface area contributed by atoms with Gasteiger partial charge in [0.15, 0.2) is 11.5 Å². The second-order valence-electron chi connectivity index (χ2n) is 3.62. The lowest BCUT2D eigenvalue weighted by atomic mass is 10.1. The Hall–Kier alpha value is -1.18. The Morgan fingerprint density at radius 3 is 2.64 bits per heavy atom. The average molecular weight is 193 g/mol. The van der Waals surface area contributed by atoms with Gasteiger partial charge in [-0.2, -0.15) is 0 Å². The first-order chi connectivity index (χ1) is 7.24. The number of hydrogen-bond donors (Lipinski definition) is 0. The molecule has 14 heavy (non-hydrogen) atoms. The van der Waals surface area contributed by atoms with Crippen LogP contribution in [-0.4, -0.2) is 14.2 Å². The first kappa shape index (κ1) is 8.16. The molecule has 0 aliphatic heterocycles. The van der Waals surface area contributed by atoms with Gasteiger partial charge >= 0.3 is 0 Å². The Bertz CT molecular complexity index is 351. The predicted octanol–water partition coefficient (Wildman–Crippen LogP) is 2.66. The summed E-state index contributed by atoms with van der Waals surface area (Å²) >= 11 is 0. The third kappa shape index (κ3) is 2.00. The molecular weight excluding hydrogens is 176 g/mol. The highest BCUT2D eigenvalue weighted by molar-refractivity contribution is 5.43. The van der Waals surface area contributed by atoms with Crippen LogP contribution >= 0.6 is 0 Å². The Kier molecular flexibility index (Phi) is 2.28. The molecule has 2 atom stereocenters. The highest BCUT2D eigenvalue weighted by Gasteiger charge is 2.21. The molecule has 1 saturated carbocycles. The average Bonchev–Trinajstić information content (AvgIpc) is 2.94. The van der Waals surface area contributed by atoms with Gasteiger partial charge in [-0.15, -0.1) is 0 Å². The smallest absolute Gasteiger partial charge is 0.160 e. The van der Waals surface area contributed by atoms with Crippen LogP contribution in [0.1, 0.15) is 19.8 Å². The van der Waals surface area contributed by atoms with E-state index in [9.17, 15) is 0 Å². The van der Waals surface area contributed by atoms with E-state index in [-0.39, 0.29) is 6.40 Å². The molecule has 2 rings (SSSR count). The molecule has 2 unspecified atom stereocenters. The number of rotatable bonds is 4. The monoisotopic (exact) mass is 193 g/mol. The van der Waals surface area contributed by atoms with Crippen LogP contribution in [0.4, 0.5) is 0 Å². The van der Waals surface area contributed by atoms with Gasteiger partial charge in [-0.3, -0.25) is 0 Å². The topological polar surface area (TPSA) is 18.5 Å². The van der Waals surface area contributed by atoms with Crippen LogP contribution in [0.5, 0.6) is 11.5 Å². The Balaban J connectivity index is 2.11. The SMILES string of the molecule is [2H]C1CC1Cc1ccc(OC)c(OC)c1.